The summed E-state index contributed by atoms with van der Waals surface area (Å²) >= 11 is 0. The van der Waals surface area contributed by atoms with Crippen LogP contribution >= 0.6 is 0 Å². The van der Waals surface area contributed by atoms with Gasteiger partial charge in [-0.25, -0.2) is 0 Å². The van der Waals surface area contributed by atoms with Gasteiger partial charge in [0.15, 0.2) is 0 Å². The number of primary amides is 1. The van der Waals surface area contributed by atoms with Gasteiger partial charge in [0.2, 0.25) is 11.8 Å². The van der Waals surface area contributed by atoms with Crippen molar-refractivity contribution in [1.82, 2.24) is 16.0 Å². The van der Waals surface area contributed by atoms with Gasteiger partial charge in [-0.05, 0) is 19.3 Å². The molecule has 0 aromatic heterocycles. The third-order valence-electron chi connectivity index (χ3n) is 7.79. The lowest BCUT2D eigenvalue weighted by atomic mass is 10.0. The zero-order valence-electron chi connectivity index (χ0n) is 26.4. The normalized spacial score (nSPS) is 12.9. The molecule has 0 spiro atoms. The van der Waals surface area contributed by atoms with Crippen molar-refractivity contribution in [2.45, 2.75) is 187 Å². The molecule has 232 valence electrons. The maximum Gasteiger partial charge on any atom is 0.221 e. The fraction of sp³-hybridized carbons (Fsp3) is 0.939. The lowest BCUT2D eigenvalue weighted by Gasteiger charge is -2.25. The van der Waals surface area contributed by atoms with E-state index in [1.54, 1.807) is 0 Å². The highest BCUT2D eigenvalue weighted by Crippen LogP contribution is 2.13. The summed E-state index contributed by atoms with van der Waals surface area (Å²) in [6.45, 7) is 8.07. The van der Waals surface area contributed by atoms with Crippen LogP contribution < -0.4 is 21.7 Å². The Hall–Kier alpha value is -1.14. The molecule has 0 aromatic carbocycles. The largest absolute Gasteiger partial charge is 0.370 e. The second kappa shape index (κ2) is 29.8. The monoisotopic (exact) mass is 553 g/mol. The van der Waals surface area contributed by atoms with E-state index in [9.17, 15) is 9.59 Å². The van der Waals surface area contributed by atoms with Crippen molar-refractivity contribution in [3.8, 4) is 0 Å². The SMILES string of the molecule is CCCCCCCCCCCCNC(=O)CCNC(CC)NC(CCCCCCCCCCCC)CC(N)=O. The van der Waals surface area contributed by atoms with E-state index in [0.717, 1.165) is 32.2 Å². The molecule has 2 amide bonds. The topological polar surface area (TPSA) is 96.2 Å². The van der Waals surface area contributed by atoms with Crippen molar-refractivity contribution in [3.05, 3.63) is 0 Å². The van der Waals surface area contributed by atoms with E-state index in [1.165, 1.54) is 116 Å². The molecule has 0 saturated carbocycles. The maximum absolute atomic E-state index is 12.2. The summed E-state index contributed by atoms with van der Waals surface area (Å²) in [5.74, 6) is -0.131. The first-order chi connectivity index (χ1) is 19.0. The van der Waals surface area contributed by atoms with Crippen LogP contribution in [0.25, 0.3) is 0 Å². The van der Waals surface area contributed by atoms with Gasteiger partial charge >= 0.3 is 0 Å². The van der Waals surface area contributed by atoms with E-state index in [2.05, 4.69) is 36.7 Å². The maximum atomic E-state index is 12.2. The van der Waals surface area contributed by atoms with Gasteiger partial charge in [0.05, 0.1) is 6.17 Å². The second-order valence-electron chi connectivity index (χ2n) is 11.7. The van der Waals surface area contributed by atoms with E-state index in [0.29, 0.717) is 19.4 Å². The molecule has 0 aliphatic heterocycles. The Kier molecular flexibility index (Phi) is 29.0. The molecule has 2 atom stereocenters. The first-order valence-electron chi connectivity index (χ1n) is 17.1. The summed E-state index contributed by atoms with van der Waals surface area (Å²) < 4.78 is 0. The minimum Gasteiger partial charge on any atom is -0.370 e. The van der Waals surface area contributed by atoms with Crippen molar-refractivity contribution in [1.29, 1.82) is 0 Å². The first kappa shape index (κ1) is 37.9. The molecule has 39 heavy (non-hydrogen) atoms. The summed E-state index contributed by atoms with van der Waals surface area (Å²) in [4.78, 5) is 23.8. The van der Waals surface area contributed by atoms with Crippen molar-refractivity contribution >= 4 is 11.8 Å². The Labute approximate surface area is 243 Å². The van der Waals surface area contributed by atoms with E-state index in [4.69, 9.17) is 5.73 Å². The predicted molar refractivity (Wildman–Crippen MR) is 169 cm³/mol. The van der Waals surface area contributed by atoms with Crippen LogP contribution in [0.3, 0.4) is 0 Å². The second-order valence-corrected chi connectivity index (χ2v) is 11.7. The lowest BCUT2D eigenvalue weighted by Crippen LogP contribution is -2.49. The standard InChI is InChI=1S/C33H68N4O2/c1-4-7-9-11-13-15-17-19-21-23-25-30(29-31(34)38)37-32(6-3)35-28-26-33(39)36-27-24-22-20-18-16-14-12-10-8-5-2/h30,32,35,37H,4-29H2,1-3H3,(H2,34,38)(H,36,39). The van der Waals surface area contributed by atoms with Crippen molar-refractivity contribution < 1.29 is 9.59 Å². The third kappa shape index (κ3) is 28.2. The van der Waals surface area contributed by atoms with Crippen molar-refractivity contribution in [2.75, 3.05) is 13.1 Å². The van der Waals surface area contributed by atoms with Gasteiger partial charge in [-0.2, -0.15) is 0 Å². The Morgan fingerprint density at radius 1 is 0.615 bits per heavy atom. The first-order valence-corrected chi connectivity index (χ1v) is 17.1. The Morgan fingerprint density at radius 2 is 1.08 bits per heavy atom. The van der Waals surface area contributed by atoms with Gasteiger partial charge in [-0.3, -0.25) is 14.9 Å². The van der Waals surface area contributed by atoms with Gasteiger partial charge in [-0.1, -0.05) is 143 Å². The molecular weight excluding hydrogens is 484 g/mol. The molecule has 5 N–H and O–H groups in total. The number of nitrogens with two attached hydrogens (primary N) is 1. The van der Waals surface area contributed by atoms with Crippen LogP contribution in [0.1, 0.15) is 175 Å². The number of hydrogen-bond donors (Lipinski definition) is 4. The molecule has 6 nitrogen and oxygen atoms in total. The molecule has 0 radical (unpaired) electrons. The fourth-order valence-electron chi connectivity index (χ4n) is 5.26. The van der Waals surface area contributed by atoms with Crippen LogP contribution in [0.4, 0.5) is 0 Å². The van der Waals surface area contributed by atoms with E-state index in [1.807, 2.05) is 0 Å². The van der Waals surface area contributed by atoms with Crippen molar-refractivity contribution in [3.63, 3.8) is 0 Å². The number of amides is 2. The number of nitrogens with one attached hydrogen (secondary N) is 3. The third-order valence-corrected chi connectivity index (χ3v) is 7.79. The van der Waals surface area contributed by atoms with Crippen LogP contribution in [0, 0.1) is 0 Å². The quantitative estimate of drug-likeness (QED) is 0.0519. The van der Waals surface area contributed by atoms with Crippen LogP contribution in [-0.4, -0.2) is 37.1 Å². The molecule has 2 unspecified atom stereocenters. The average molecular weight is 553 g/mol. The van der Waals surface area contributed by atoms with Gasteiger partial charge in [0.25, 0.3) is 0 Å². The molecule has 0 rings (SSSR count). The summed E-state index contributed by atoms with van der Waals surface area (Å²) in [5, 5.41) is 10.1. The molecule has 0 bridgehead atoms. The molecule has 6 heteroatoms. The molecule has 0 aliphatic rings. The number of carbonyl (C=O) groups excluding carboxylic acids is 2. The zero-order chi connectivity index (χ0) is 28.8. The van der Waals surface area contributed by atoms with Gasteiger partial charge in [0.1, 0.15) is 0 Å². The minimum atomic E-state index is -0.249. The molecular formula is C33H68N4O2. The average Bonchev–Trinajstić information content (AvgIpc) is 2.91. The molecule has 0 saturated heterocycles. The van der Waals surface area contributed by atoms with Crippen molar-refractivity contribution in [2.24, 2.45) is 5.73 Å². The minimum absolute atomic E-state index is 0.0900. The highest BCUT2D eigenvalue weighted by molar-refractivity contribution is 5.76. The summed E-state index contributed by atoms with van der Waals surface area (Å²) in [6.07, 6.45) is 29.0. The Bertz CT molecular complexity index is 544. The number of unbranched alkanes of at least 4 members (excludes halogenated alkanes) is 18. The fourth-order valence-corrected chi connectivity index (χ4v) is 5.26. The molecule has 0 fully saturated rings. The Balaban J connectivity index is 3.90. The van der Waals surface area contributed by atoms with E-state index in [-0.39, 0.29) is 24.0 Å². The predicted octanol–water partition coefficient (Wildman–Crippen LogP) is 7.88. The number of carbonyl (C=O) groups is 2. The smallest absolute Gasteiger partial charge is 0.221 e. The van der Waals surface area contributed by atoms with Crippen LogP contribution in [-0.2, 0) is 9.59 Å². The van der Waals surface area contributed by atoms with Crippen LogP contribution in [0.5, 0.6) is 0 Å². The molecule has 0 heterocycles. The van der Waals surface area contributed by atoms with Crippen LogP contribution in [0.15, 0.2) is 0 Å². The van der Waals surface area contributed by atoms with E-state index >= 15 is 0 Å². The zero-order valence-corrected chi connectivity index (χ0v) is 26.4. The van der Waals surface area contributed by atoms with E-state index < -0.39 is 0 Å². The highest BCUT2D eigenvalue weighted by Gasteiger charge is 2.16. The van der Waals surface area contributed by atoms with Gasteiger partial charge in [-0.15, -0.1) is 0 Å². The Morgan fingerprint density at radius 3 is 1.54 bits per heavy atom. The van der Waals surface area contributed by atoms with Gasteiger partial charge in [0, 0.05) is 32.0 Å². The highest BCUT2D eigenvalue weighted by atomic mass is 16.1. The summed E-state index contributed by atoms with van der Waals surface area (Å²) in [6, 6.07) is 0.0964. The molecule has 0 aliphatic carbocycles. The number of rotatable bonds is 31. The number of hydrogen-bond acceptors (Lipinski definition) is 4. The van der Waals surface area contributed by atoms with Crippen LogP contribution in [0.2, 0.25) is 0 Å². The summed E-state index contributed by atoms with van der Waals surface area (Å²) in [5.41, 5.74) is 5.53. The van der Waals surface area contributed by atoms with Gasteiger partial charge < -0.3 is 16.4 Å². The molecule has 0 aromatic rings. The lowest BCUT2D eigenvalue weighted by molar-refractivity contribution is -0.121. The summed E-state index contributed by atoms with van der Waals surface area (Å²) in [7, 11) is 0.